The van der Waals surface area contributed by atoms with Gasteiger partial charge in [-0.05, 0) is 73.6 Å². The first-order valence-electron chi connectivity index (χ1n) is 11.1. The van der Waals surface area contributed by atoms with Crippen LogP contribution in [0.4, 0.5) is 5.69 Å². The Kier molecular flexibility index (Phi) is 8.67. The van der Waals surface area contributed by atoms with Gasteiger partial charge in [0.1, 0.15) is 18.1 Å². The minimum absolute atomic E-state index is 0.151. The summed E-state index contributed by atoms with van der Waals surface area (Å²) >= 11 is 0. The van der Waals surface area contributed by atoms with E-state index < -0.39 is 0 Å². The molecule has 3 rings (SSSR count). The molecule has 0 aliphatic heterocycles. The number of carbonyl (C=O) groups is 1. The first-order chi connectivity index (χ1) is 16.0. The summed E-state index contributed by atoms with van der Waals surface area (Å²) in [5.41, 5.74) is 4.23. The predicted molar refractivity (Wildman–Crippen MR) is 136 cm³/mol. The summed E-state index contributed by atoms with van der Waals surface area (Å²) in [5.74, 6) is 1.38. The van der Waals surface area contributed by atoms with Crippen molar-refractivity contribution in [3.8, 4) is 11.5 Å². The van der Waals surface area contributed by atoms with E-state index in [9.17, 15) is 4.79 Å². The molecule has 1 amide bonds. The molecule has 5 heteroatoms. The quantitative estimate of drug-likeness (QED) is 0.327. The Morgan fingerprint density at radius 1 is 0.848 bits per heavy atom. The number of carbonyl (C=O) groups excluding carboxylic acids is 1. The van der Waals surface area contributed by atoms with E-state index in [1.807, 2.05) is 93.0 Å². The number of nitrogens with zero attached hydrogens (tertiary/aromatic N) is 1. The van der Waals surface area contributed by atoms with Crippen LogP contribution in [0.5, 0.6) is 11.5 Å². The largest absolute Gasteiger partial charge is 0.497 e. The predicted octanol–water partition coefficient (Wildman–Crippen LogP) is 5.60. The zero-order chi connectivity index (χ0) is 23.6. The molecule has 0 saturated carbocycles. The third-order valence-electron chi connectivity index (χ3n) is 5.30. The van der Waals surface area contributed by atoms with Crippen LogP contribution in [-0.4, -0.2) is 45.2 Å². The molecule has 0 atom stereocenters. The monoisotopic (exact) mass is 444 g/mol. The average Bonchev–Trinajstić information content (AvgIpc) is 2.84. The van der Waals surface area contributed by atoms with Crippen molar-refractivity contribution in [1.82, 2.24) is 4.90 Å². The van der Waals surface area contributed by atoms with Gasteiger partial charge in [-0.3, -0.25) is 4.79 Å². The highest BCUT2D eigenvalue weighted by Crippen LogP contribution is 2.31. The molecule has 0 radical (unpaired) electrons. The van der Waals surface area contributed by atoms with Crippen LogP contribution in [0.2, 0.25) is 0 Å². The number of ether oxygens (including phenoxy) is 2. The summed E-state index contributed by atoms with van der Waals surface area (Å²) in [6.07, 6.45) is 0.720. The molecule has 0 saturated heterocycles. The topological polar surface area (TPSA) is 50.8 Å². The summed E-state index contributed by atoms with van der Waals surface area (Å²) in [6, 6.07) is 25.1. The van der Waals surface area contributed by atoms with Crippen LogP contribution in [0, 0.1) is 0 Å². The summed E-state index contributed by atoms with van der Waals surface area (Å²) < 4.78 is 11.1. The summed E-state index contributed by atoms with van der Waals surface area (Å²) in [6.45, 7) is 3.52. The molecule has 0 bridgehead atoms. The van der Waals surface area contributed by atoms with E-state index in [4.69, 9.17) is 9.47 Å². The Hall–Kier alpha value is -3.57. The van der Waals surface area contributed by atoms with E-state index in [2.05, 4.69) is 17.1 Å². The van der Waals surface area contributed by atoms with Gasteiger partial charge in [0.25, 0.3) is 5.91 Å². The minimum atomic E-state index is -0.151. The number of hydrogen-bond donors (Lipinski definition) is 1. The number of benzene rings is 3. The van der Waals surface area contributed by atoms with Crippen LogP contribution in [0.15, 0.2) is 78.9 Å². The molecule has 172 valence electrons. The fourth-order valence-corrected chi connectivity index (χ4v) is 3.54. The van der Waals surface area contributed by atoms with Gasteiger partial charge in [0.2, 0.25) is 0 Å². The van der Waals surface area contributed by atoms with Crippen LogP contribution in [0.1, 0.15) is 24.5 Å². The van der Waals surface area contributed by atoms with Gasteiger partial charge in [-0.1, -0.05) is 49.4 Å². The maximum atomic E-state index is 13.5. The van der Waals surface area contributed by atoms with Crippen molar-refractivity contribution in [2.75, 3.05) is 39.7 Å². The molecule has 0 aliphatic rings. The number of allylic oxidation sites excluding steroid dienone is 1. The second-order valence-electron chi connectivity index (χ2n) is 7.93. The third kappa shape index (κ3) is 6.70. The highest BCUT2D eigenvalue weighted by Gasteiger charge is 2.18. The van der Waals surface area contributed by atoms with Gasteiger partial charge in [0.05, 0.1) is 12.7 Å². The van der Waals surface area contributed by atoms with Gasteiger partial charge in [-0.15, -0.1) is 0 Å². The molecular weight excluding hydrogens is 412 g/mol. The number of anilines is 1. The number of hydrogen-bond acceptors (Lipinski definition) is 4. The van der Waals surface area contributed by atoms with E-state index in [1.165, 1.54) is 0 Å². The lowest BCUT2D eigenvalue weighted by Gasteiger charge is -2.16. The lowest BCUT2D eigenvalue weighted by atomic mass is 9.92. The SMILES string of the molecule is CC/C(=C(\C(=O)Nc1ccc(OCCN(C)C)cc1)c1ccc(OC)cc1)c1ccccc1. The fourth-order valence-electron chi connectivity index (χ4n) is 3.54. The maximum Gasteiger partial charge on any atom is 0.256 e. The number of likely N-dealkylation sites (N-methyl/N-ethyl adjacent to an activating group) is 1. The first-order valence-corrected chi connectivity index (χ1v) is 11.1. The molecule has 0 heterocycles. The van der Waals surface area contributed by atoms with Gasteiger partial charge in [-0.2, -0.15) is 0 Å². The molecule has 0 unspecified atom stereocenters. The standard InChI is InChI=1S/C28H32N2O3/c1-5-26(21-9-7-6-8-10-21)27(22-11-15-24(32-4)16-12-22)28(31)29-23-13-17-25(18-14-23)33-20-19-30(2)3/h6-18H,5,19-20H2,1-4H3,(H,29,31)/b27-26+. The number of rotatable bonds is 10. The van der Waals surface area contributed by atoms with Gasteiger partial charge in [0, 0.05) is 12.2 Å². The Labute approximate surface area is 196 Å². The van der Waals surface area contributed by atoms with Crippen LogP contribution < -0.4 is 14.8 Å². The van der Waals surface area contributed by atoms with Crippen molar-refractivity contribution in [2.24, 2.45) is 0 Å². The highest BCUT2D eigenvalue weighted by atomic mass is 16.5. The van der Waals surface area contributed by atoms with Crippen molar-refractivity contribution >= 4 is 22.7 Å². The van der Waals surface area contributed by atoms with Gasteiger partial charge < -0.3 is 19.7 Å². The molecule has 0 fully saturated rings. The Bertz CT molecular complexity index is 1060. The van der Waals surface area contributed by atoms with Crippen molar-refractivity contribution < 1.29 is 14.3 Å². The van der Waals surface area contributed by atoms with E-state index >= 15 is 0 Å². The molecule has 3 aromatic carbocycles. The van der Waals surface area contributed by atoms with E-state index in [1.54, 1.807) is 7.11 Å². The third-order valence-corrected chi connectivity index (χ3v) is 5.30. The van der Waals surface area contributed by atoms with Crippen molar-refractivity contribution in [2.45, 2.75) is 13.3 Å². The lowest BCUT2D eigenvalue weighted by Crippen LogP contribution is -2.19. The smallest absolute Gasteiger partial charge is 0.256 e. The Balaban J connectivity index is 1.89. The average molecular weight is 445 g/mol. The van der Waals surface area contributed by atoms with Crippen LogP contribution >= 0.6 is 0 Å². The molecule has 33 heavy (non-hydrogen) atoms. The van der Waals surface area contributed by atoms with Crippen molar-refractivity contribution in [1.29, 1.82) is 0 Å². The van der Waals surface area contributed by atoms with E-state index in [-0.39, 0.29) is 5.91 Å². The molecule has 0 aromatic heterocycles. The zero-order valence-corrected chi connectivity index (χ0v) is 19.8. The van der Waals surface area contributed by atoms with Crippen LogP contribution in [0.3, 0.4) is 0 Å². The summed E-state index contributed by atoms with van der Waals surface area (Å²) in [5, 5.41) is 3.06. The fraction of sp³-hybridized carbons (Fsp3) is 0.250. The van der Waals surface area contributed by atoms with E-state index in [0.717, 1.165) is 46.9 Å². The molecule has 0 aliphatic carbocycles. The molecule has 0 spiro atoms. The number of nitrogens with one attached hydrogen (secondary N) is 1. The lowest BCUT2D eigenvalue weighted by molar-refractivity contribution is -0.111. The van der Waals surface area contributed by atoms with Crippen molar-refractivity contribution in [3.05, 3.63) is 90.0 Å². The summed E-state index contributed by atoms with van der Waals surface area (Å²) in [7, 11) is 5.65. The molecule has 1 N–H and O–H groups in total. The number of amides is 1. The van der Waals surface area contributed by atoms with Crippen LogP contribution in [-0.2, 0) is 4.79 Å². The summed E-state index contributed by atoms with van der Waals surface area (Å²) in [4.78, 5) is 15.6. The Morgan fingerprint density at radius 3 is 2.06 bits per heavy atom. The maximum absolute atomic E-state index is 13.5. The van der Waals surface area contributed by atoms with E-state index in [0.29, 0.717) is 12.2 Å². The van der Waals surface area contributed by atoms with Crippen molar-refractivity contribution in [3.63, 3.8) is 0 Å². The highest BCUT2D eigenvalue weighted by molar-refractivity contribution is 6.31. The molecule has 5 nitrogen and oxygen atoms in total. The van der Waals surface area contributed by atoms with Gasteiger partial charge in [-0.25, -0.2) is 0 Å². The molecular formula is C28H32N2O3. The van der Waals surface area contributed by atoms with Crippen LogP contribution in [0.25, 0.3) is 11.1 Å². The second-order valence-corrected chi connectivity index (χ2v) is 7.93. The second kappa shape index (κ2) is 11.9. The van der Waals surface area contributed by atoms with Gasteiger partial charge >= 0.3 is 0 Å². The molecule has 3 aromatic rings. The number of methoxy groups -OCH3 is 1. The zero-order valence-electron chi connectivity index (χ0n) is 19.8. The van der Waals surface area contributed by atoms with Gasteiger partial charge in [0.15, 0.2) is 0 Å². The first kappa shape index (κ1) is 24.1. The minimum Gasteiger partial charge on any atom is -0.497 e. The Morgan fingerprint density at radius 2 is 1.48 bits per heavy atom. The normalized spacial score (nSPS) is 11.7.